The van der Waals surface area contributed by atoms with Gasteiger partial charge in [-0.1, -0.05) is 0 Å². The van der Waals surface area contributed by atoms with Gasteiger partial charge in [0, 0.05) is 0 Å². The lowest BCUT2D eigenvalue weighted by atomic mass is 11.0. The van der Waals surface area contributed by atoms with E-state index in [1.54, 1.807) is 0 Å². The van der Waals surface area contributed by atoms with E-state index in [0.29, 0.717) is 0 Å². The maximum absolute atomic E-state index is 11.3. The van der Waals surface area contributed by atoms with Gasteiger partial charge in [-0.3, -0.25) is 0 Å². The first kappa shape index (κ1) is 8.44. The molecule has 0 aliphatic carbocycles. The number of rotatable bonds is 2. The third-order valence-electron chi connectivity index (χ3n) is 0.290. The highest BCUT2D eigenvalue weighted by Crippen LogP contribution is 2.10. The van der Waals surface area contributed by atoms with Crippen LogP contribution in [-0.4, -0.2) is 8.76 Å². The van der Waals surface area contributed by atoms with E-state index in [4.69, 9.17) is 0 Å². The Balaban J connectivity index is 3.92. The van der Waals surface area contributed by atoms with E-state index in [0.717, 1.165) is 0 Å². The van der Waals surface area contributed by atoms with Gasteiger partial charge in [0.1, 0.15) is 11.4 Å². The summed E-state index contributed by atoms with van der Waals surface area (Å²) >= 11 is -3.28. The van der Waals surface area contributed by atoms with Crippen LogP contribution in [0, 0.1) is 0 Å². The summed E-state index contributed by atoms with van der Waals surface area (Å²) in [5.41, 5.74) is 0. The van der Waals surface area contributed by atoms with Gasteiger partial charge in [0.25, 0.3) is 0 Å². The van der Waals surface area contributed by atoms with Crippen LogP contribution in [0.4, 0.5) is 13.2 Å². The predicted molar refractivity (Wildman–Crippen MR) is 20.4 cm³/mol. The van der Waals surface area contributed by atoms with Gasteiger partial charge < -0.3 is 8.74 Å². The second-order valence-electron chi connectivity index (χ2n) is 0.822. The monoisotopic (exact) mass is 161 g/mol. The fraction of sp³-hybridized carbons (Fsp3) is 0. The van der Waals surface area contributed by atoms with Gasteiger partial charge in [0.15, 0.2) is 0 Å². The first-order valence-corrected chi connectivity index (χ1v) is 2.52. The van der Waals surface area contributed by atoms with E-state index in [9.17, 15) is 21.9 Å². The lowest BCUT2D eigenvalue weighted by Crippen LogP contribution is -1.91. The molecule has 1 unspecified atom stereocenters. The Hall–Kier alpha value is -0.560. The fourth-order valence-corrected chi connectivity index (χ4v) is 0.274. The van der Waals surface area contributed by atoms with Gasteiger partial charge in [-0.05, 0) is 0 Å². The summed E-state index contributed by atoms with van der Waals surface area (Å²) in [5.74, 6) is 0. The number of halogens is 3. The normalized spacial score (nSPS) is 12.4. The van der Waals surface area contributed by atoms with Gasteiger partial charge >= 0.3 is 12.1 Å². The Bertz CT molecular complexity index is 151. The molecule has 0 fully saturated rings. The van der Waals surface area contributed by atoms with Crippen molar-refractivity contribution in [1.29, 1.82) is 0 Å². The van der Waals surface area contributed by atoms with Crippen LogP contribution in [-0.2, 0) is 15.5 Å². The molecule has 0 aliphatic heterocycles. The van der Waals surface area contributed by atoms with Crippen molar-refractivity contribution < 1.29 is 26.1 Å². The van der Waals surface area contributed by atoms with Crippen LogP contribution in [0.25, 0.3) is 0 Å². The molecule has 0 bridgehead atoms. The SMILES string of the molecule is O=S([O-])OC(F)=C(F)F. The Labute approximate surface area is 50.6 Å². The molecular formula is C2F3O3S-. The molecule has 3 nitrogen and oxygen atoms in total. The summed E-state index contributed by atoms with van der Waals surface area (Å²) in [6, 6.07) is -2.40. The second kappa shape index (κ2) is 3.46. The lowest BCUT2D eigenvalue weighted by molar-refractivity contribution is 0.238. The Morgan fingerprint density at radius 3 is 2.00 bits per heavy atom. The Morgan fingerprint density at radius 2 is 1.89 bits per heavy atom. The zero-order chi connectivity index (χ0) is 7.44. The van der Waals surface area contributed by atoms with Gasteiger partial charge in [0.2, 0.25) is 0 Å². The topological polar surface area (TPSA) is 49.4 Å². The molecule has 0 radical (unpaired) electrons. The molecule has 7 heteroatoms. The zero-order valence-electron chi connectivity index (χ0n) is 3.77. The highest BCUT2D eigenvalue weighted by atomic mass is 32.2. The summed E-state index contributed by atoms with van der Waals surface area (Å²) in [6.07, 6.45) is -2.81. The molecule has 0 aromatic heterocycles. The number of hydrogen-bond donors (Lipinski definition) is 0. The van der Waals surface area contributed by atoms with Crippen LogP contribution >= 0.6 is 0 Å². The van der Waals surface area contributed by atoms with Crippen molar-refractivity contribution >= 4 is 11.4 Å². The maximum Gasteiger partial charge on any atom is 0.352 e. The summed E-state index contributed by atoms with van der Waals surface area (Å²) in [7, 11) is 0. The molecule has 1 atom stereocenters. The van der Waals surface area contributed by atoms with Crippen LogP contribution in [0.2, 0.25) is 0 Å². The van der Waals surface area contributed by atoms with E-state index in [2.05, 4.69) is 4.18 Å². The van der Waals surface area contributed by atoms with Crippen LogP contribution in [0.5, 0.6) is 0 Å². The van der Waals surface area contributed by atoms with Crippen LogP contribution in [0.3, 0.4) is 0 Å². The Morgan fingerprint density at radius 1 is 1.44 bits per heavy atom. The molecule has 0 amide bonds. The third-order valence-corrected chi connectivity index (χ3v) is 0.572. The first-order valence-electron chi connectivity index (χ1n) is 1.52. The summed E-state index contributed by atoms with van der Waals surface area (Å²) in [4.78, 5) is 0. The molecule has 0 rings (SSSR count). The van der Waals surface area contributed by atoms with Crippen molar-refractivity contribution in [3.8, 4) is 0 Å². The van der Waals surface area contributed by atoms with Crippen molar-refractivity contribution in [3.63, 3.8) is 0 Å². The van der Waals surface area contributed by atoms with Gasteiger partial charge in [-0.2, -0.15) is 13.2 Å². The van der Waals surface area contributed by atoms with Gasteiger partial charge in [-0.15, -0.1) is 0 Å². The Kier molecular flexibility index (Phi) is 3.25. The second-order valence-corrected chi connectivity index (χ2v) is 1.40. The molecule has 9 heavy (non-hydrogen) atoms. The summed E-state index contributed by atoms with van der Waals surface area (Å²) < 4.78 is 54.5. The molecule has 0 saturated heterocycles. The molecule has 54 valence electrons. The van der Waals surface area contributed by atoms with Gasteiger partial charge in [0.05, 0.1) is 0 Å². The lowest BCUT2D eigenvalue weighted by Gasteiger charge is -2.01. The van der Waals surface area contributed by atoms with E-state index in [1.807, 2.05) is 0 Å². The van der Waals surface area contributed by atoms with E-state index in [1.165, 1.54) is 0 Å². The van der Waals surface area contributed by atoms with E-state index >= 15 is 0 Å². The highest BCUT2D eigenvalue weighted by Gasteiger charge is 2.04. The van der Waals surface area contributed by atoms with E-state index < -0.39 is 23.5 Å². The third kappa shape index (κ3) is 3.98. The zero-order valence-corrected chi connectivity index (χ0v) is 4.58. The highest BCUT2D eigenvalue weighted by molar-refractivity contribution is 7.74. The standard InChI is InChI=1S/C2HF3O3S/c3-1(4)2(5)8-9(6)7/h(H,6,7)/p-1. The molecule has 0 aliphatic rings. The predicted octanol–water partition coefficient (Wildman–Crippen LogP) is 0.832. The summed E-state index contributed by atoms with van der Waals surface area (Å²) in [6.45, 7) is 0. The van der Waals surface area contributed by atoms with Crippen molar-refractivity contribution in [3.05, 3.63) is 12.1 Å². The van der Waals surface area contributed by atoms with Crippen LogP contribution in [0.1, 0.15) is 0 Å². The van der Waals surface area contributed by atoms with Crippen molar-refractivity contribution in [2.45, 2.75) is 0 Å². The number of hydrogen-bond acceptors (Lipinski definition) is 3. The molecule has 0 aromatic rings. The van der Waals surface area contributed by atoms with E-state index in [-0.39, 0.29) is 0 Å². The average Bonchev–Trinajstić information content (AvgIpc) is 1.63. The fourth-order valence-electron chi connectivity index (χ4n) is 0.0912. The van der Waals surface area contributed by atoms with Crippen LogP contribution < -0.4 is 0 Å². The van der Waals surface area contributed by atoms with Crippen molar-refractivity contribution in [1.82, 2.24) is 0 Å². The molecule has 0 N–H and O–H groups in total. The molecule has 0 heterocycles. The first-order chi connectivity index (χ1) is 4.04. The van der Waals surface area contributed by atoms with Crippen molar-refractivity contribution in [2.75, 3.05) is 0 Å². The molecule has 0 saturated carbocycles. The average molecular weight is 161 g/mol. The quantitative estimate of drug-likeness (QED) is 0.445. The summed E-state index contributed by atoms with van der Waals surface area (Å²) in [5, 5.41) is 0. The largest absolute Gasteiger partial charge is 0.740 e. The minimum absolute atomic E-state index is 2.40. The molecule has 0 aromatic carbocycles. The maximum atomic E-state index is 11.3. The van der Waals surface area contributed by atoms with Crippen LogP contribution in [0.15, 0.2) is 12.1 Å². The molecule has 0 spiro atoms. The molecular weight excluding hydrogens is 161 g/mol. The van der Waals surface area contributed by atoms with Gasteiger partial charge in [-0.25, -0.2) is 4.21 Å². The minimum Gasteiger partial charge on any atom is -0.740 e. The van der Waals surface area contributed by atoms with Crippen molar-refractivity contribution in [2.24, 2.45) is 0 Å². The minimum atomic E-state index is -3.28. The smallest absolute Gasteiger partial charge is 0.352 e.